The number of alkyl carbamates (subject to hydrolysis) is 1. The van der Waals surface area contributed by atoms with E-state index in [4.69, 9.17) is 18.9 Å². The number of esters is 3. The SMILES string of the molecule is CCOC(=O)[C@H]1O[C@@H]1C(=O)N(CC(=O)OC)NC(=O)[C@@H](NC(=O)[C@H](CCC(=O)OC(C)(C)C)NC(=O)OCc1ccccc1)C(C)C. The molecule has 1 aliphatic rings. The number of rotatable bonds is 15. The molecule has 16 heteroatoms. The zero-order chi connectivity index (χ0) is 35.3. The largest absolute Gasteiger partial charge is 0.468 e. The second kappa shape index (κ2) is 17.8. The van der Waals surface area contributed by atoms with E-state index in [9.17, 15) is 33.6 Å². The van der Waals surface area contributed by atoms with Gasteiger partial charge in [-0.3, -0.25) is 29.4 Å². The van der Waals surface area contributed by atoms with E-state index in [-0.39, 0.29) is 26.1 Å². The summed E-state index contributed by atoms with van der Waals surface area (Å²) in [6.07, 6.45) is -3.92. The molecule has 1 aromatic carbocycles. The van der Waals surface area contributed by atoms with Crippen molar-refractivity contribution in [1.82, 2.24) is 21.1 Å². The van der Waals surface area contributed by atoms with Crippen LogP contribution in [0.15, 0.2) is 30.3 Å². The second-order valence-electron chi connectivity index (χ2n) is 11.8. The van der Waals surface area contributed by atoms with Gasteiger partial charge in [0, 0.05) is 6.42 Å². The van der Waals surface area contributed by atoms with Crippen LogP contribution in [-0.2, 0) is 59.1 Å². The van der Waals surface area contributed by atoms with Gasteiger partial charge in [0.15, 0.2) is 12.2 Å². The van der Waals surface area contributed by atoms with Crippen molar-refractivity contribution in [3.63, 3.8) is 0 Å². The van der Waals surface area contributed by atoms with Crippen molar-refractivity contribution >= 4 is 41.7 Å². The van der Waals surface area contributed by atoms with Crippen LogP contribution >= 0.6 is 0 Å². The van der Waals surface area contributed by atoms with Crippen LogP contribution in [0.5, 0.6) is 0 Å². The number of carbonyl (C=O) groups excluding carboxylic acids is 7. The summed E-state index contributed by atoms with van der Waals surface area (Å²) in [5.41, 5.74) is 2.20. The number of amides is 4. The number of benzene rings is 1. The standard InChI is InChI=1S/C31H44N4O12/c1-8-44-29(41)25-24(46-25)28(40)35(16-22(37)43-7)34-27(39)23(18(2)3)33-26(38)20(14-15-21(36)47-31(4,5)6)32-30(42)45-17-19-12-10-9-11-13-19/h9-13,18,20,23-25H,8,14-17H2,1-7H3,(H,32,42)(H,33,38)(H,34,39)/t20-,23-,24-,25-/m0/s1. The molecule has 260 valence electrons. The van der Waals surface area contributed by atoms with Gasteiger partial charge < -0.3 is 34.3 Å². The van der Waals surface area contributed by atoms with Crippen molar-refractivity contribution < 1.29 is 57.2 Å². The van der Waals surface area contributed by atoms with Crippen LogP contribution in [0.1, 0.15) is 59.9 Å². The van der Waals surface area contributed by atoms with Gasteiger partial charge in [0.1, 0.15) is 30.8 Å². The van der Waals surface area contributed by atoms with Crippen molar-refractivity contribution in [2.75, 3.05) is 20.3 Å². The zero-order valence-electron chi connectivity index (χ0n) is 27.7. The van der Waals surface area contributed by atoms with Gasteiger partial charge in [-0.2, -0.15) is 0 Å². The van der Waals surface area contributed by atoms with Crippen LogP contribution < -0.4 is 16.1 Å². The Morgan fingerprint density at radius 1 is 0.915 bits per heavy atom. The van der Waals surface area contributed by atoms with E-state index in [2.05, 4.69) is 20.8 Å². The van der Waals surface area contributed by atoms with E-state index in [1.54, 1.807) is 71.9 Å². The number of nitrogens with one attached hydrogen (secondary N) is 3. The molecule has 0 saturated carbocycles. The third kappa shape index (κ3) is 13.3. The molecule has 4 amide bonds. The highest BCUT2D eigenvalue weighted by Gasteiger charge is 2.53. The summed E-state index contributed by atoms with van der Waals surface area (Å²) in [5.74, 6) is -5.53. The topological polar surface area (TPSA) is 208 Å². The predicted octanol–water partition coefficient (Wildman–Crippen LogP) is 0.907. The maximum Gasteiger partial charge on any atom is 0.408 e. The lowest BCUT2D eigenvalue weighted by Gasteiger charge is -2.28. The Kier molecular flexibility index (Phi) is 14.6. The van der Waals surface area contributed by atoms with Crippen LogP contribution in [0.3, 0.4) is 0 Å². The fraction of sp³-hybridized carbons (Fsp3) is 0.581. The van der Waals surface area contributed by atoms with Crippen molar-refractivity contribution in [3.8, 4) is 0 Å². The normalized spacial score (nSPS) is 16.5. The quantitative estimate of drug-likeness (QED) is 0.103. The van der Waals surface area contributed by atoms with E-state index in [0.717, 1.165) is 7.11 Å². The molecular formula is C31H44N4O12. The molecule has 16 nitrogen and oxygen atoms in total. The third-order valence-electron chi connectivity index (χ3n) is 6.41. The molecule has 0 bridgehead atoms. The van der Waals surface area contributed by atoms with Crippen LogP contribution in [0.2, 0.25) is 0 Å². The molecule has 1 aromatic rings. The summed E-state index contributed by atoms with van der Waals surface area (Å²) in [5, 5.41) is 5.59. The van der Waals surface area contributed by atoms with Crippen LogP contribution in [0, 0.1) is 5.92 Å². The number of hydrogen-bond donors (Lipinski definition) is 3. The summed E-state index contributed by atoms with van der Waals surface area (Å²) in [7, 11) is 1.08. The Bertz CT molecular complexity index is 1280. The number of hydrazine groups is 1. The van der Waals surface area contributed by atoms with Crippen molar-refractivity contribution in [2.45, 2.75) is 90.9 Å². The number of methoxy groups -OCH3 is 1. The fourth-order valence-corrected chi connectivity index (χ4v) is 4.05. The molecule has 0 spiro atoms. The van der Waals surface area contributed by atoms with Gasteiger partial charge in [-0.15, -0.1) is 0 Å². The molecular weight excluding hydrogens is 620 g/mol. The van der Waals surface area contributed by atoms with Gasteiger partial charge in [0.25, 0.3) is 11.8 Å². The molecule has 0 aromatic heterocycles. The maximum atomic E-state index is 13.5. The lowest BCUT2D eigenvalue weighted by atomic mass is 10.0. The van der Waals surface area contributed by atoms with Crippen LogP contribution in [0.4, 0.5) is 4.79 Å². The van der Waals surface area contributed by atoms with Gasteiger partial charge in [0.05, 0.1) is 13.7 Å². The molecule has 0 radical (unpaired) electrons. The summed E-state index contributed by atoms with van der Waals surface area (Å²) in [4.78, 5) is 89.0. The highest BCUT2D eigenvalue weighted by molar-refractivity contribution is 5.96. The highest BCUT2D eigenvalue weighted by atomic mass is 16.6. The Hall–Kier alpha value is -4.73. The van der Waals surface area contributed by atoms with Gasteiger partial charge in [-0.25, -0.2) is 14.6 Å². The van der Waals surface area contributed by atoms with E-state index < -0.39 is 84.1 Å². The lowest BCUT2D eigenvalue weighted by molar-refractivity contribution is -0.155. The van der Waals surface area contributed by atoms with Crippen molar-refractivity contribution in [3.05, 3.63) is 35.9 Å². The summed E-state index contributed by atoms with van der Waals surface area (Å²) >= 11 is 0. The summed E-state index contributed by atoms with van der Waals surface area (Å²) < 4.78 is 25.1. The molecule has 1 saturated heterocycles. The summed E-state index contributed by atoms with van der Waals surface area (Å²) in [6.45, 7) is 9.06. The molecule has 47 heavy (non-hydrogen) atoms. The van der Waals surface area contributed by atoms with Gasteiger partial charge in [-0.1, -0.05) is 44.2 Å². The Balaban J connectivity index is 2.18. The molecule has 3 N–H and O–H groups in total. The Morgan fingerprint density at radius 3 is 2.15 bits per heavy atom. The molecule has 1 fully saturated rings. The van der Waals surface area contributed by atoms with Gasteiger partial charge >= 0.3 is 24.0 Å². The highest BCUT2D eigenvalue weighted by Crippen LogP contribution is 2.25. The average molecular weight is 665 g/mol. The molecule has 2 rings (SSSR count). The molecule has 0 unspecified atom stereocenters. The first-order valence-electron chi connectivity index (χ1n) is 15.1. The number of hydrogen-bond acceptors (Lipinski definition) is 12. The minimum absolute atomic E-state index is 0.0519. The number of ether oxygens (including phenoxy) is 5. The average Bonchev–Trinajstić information content (AvgIpc) is 3.81. The summed E-state index contributed by atoms with van der Waals surface area (Å²) in [6, 6.07) is 6.17. The van der Waals surface area contributed by atoms with Crippen LogP contribution in [0.25, 0.3) is 0 Å². The van der Waals surface area contributed by atoms with Gasteiger partial charge in [0.2, 0.25) is 5.91 Å². The minimum Gasteiger partial charge on any atom is -0.468 e. The first kappa shape index (κ1) is 38.5. The number of carbonyl (C=O) groups is 7. The monoisotopic (exact) mass is 664 g/mol. The maximum absolute atomic E-state index is 13.5. The smallest absolute Gasteiger partial charge is 0.408 e. The molecule has 1 aliphatic heterocycles. The number of epoxide rings is 1. The predicted molar refractivity (Wildman–Crippen MR) is 163 cm³/mol. The van der Waals surface area contributed by atoms with E-state index in [1.807, 2.05) is 0 Å². The fourth-order valence-electron chi connectivity index (χ4n) is 4.05. The first-order chi connectivity index (χ1) is 22.1. The van der Waals surface area contributed by atoms with E-state index in [1.165, 1.54) is 0 Å². The number of nitrogens with zero attached hydrogens (tertiary/aromatic N) is 1. The Labute approximate surface area is 273 Å². The van der Waals surface area contributed by atoms with Crippen molar-refractivity contribution in [2.24, 2.45) is 5.92 Å². The molecule has 4 atom stereocenters. The van der Waals surface area contributed by atoms with Crippen LogP contribution in [-0.4, -0.2) is 96.9 Å². The van der Waals surface area contributed by atoms with E-state index in [0.29, 0.717) is 10.6 Å². The first-order valence-corrected chi connectivity index (χ1v) is 15.1. The van der Waals surface area contributed by atoms with Crippen molar-refractivity contribution in [1.29, 1.82) is 0 Å². The molecule has 1 heterocycles. The molecule has 0 aliphatic carbocycles. The van der Waals surface area contributed by atoms with E-state index >= 15 is 0 Å². The zero-order valence-corrected chi connectivity index (χ0v) is 27.7. The second-order valence-corrected chi connectivity index (χ2v) is 11.8. The lowest BCUT2D eigenvalue weighted by Crippen LogP contribution is -2.60. The third-order valence-corrected chi connectivity index (χ3v) is 6.41. The minimum atomic E-state index is -1.34. The van der Waals surface area contributed by atoms with Gasteiger partial charge in [-0.05, 0) is 45.6 Å². The Morgan fingerprint density at radius 2 is 1.57 bits per heavy atom.